The zero-order valence-electron chi connectivity index (χ0n) is 25.1. The maximum atomic E-state index is 7.01. The zero-order valence-corrected chi connectivity index (χ0v) is 26.0. The van der Waals surface area contributed by atoms with Crippen LogP contribution >= 0.6 is 7.92 Å². The van der Waals surface area contributed by atoms with Crippen molar-refractivity contribution in [3.8, 4) is 34.4 Å². The van der Waals surface area contributed by atoms with Crippen molar-refractivity contribution < 1.29 is 9.47 Å². The molecule has 1 atom stereocenters. The van der Waals surface area contributed by atoms with Gasteiger partial charge in [0.05, 0.1) is 33.1 Å². The average molecular weight is 621 g/mol. The Bertz CT molecular complexity index is 2710. The number of ether oxygens (including phenoxy) is 2. The van der Waals surface area contributed by atoms with Gasteiger partial charge in [-0.1, -0.05) is 91.0 Å². The molecule has 0 spiro atoms. The molecule has 4 nitrogen and oxygen atoms in total. The Hall–Kier alpha value is -5.83. The summed E-state index contributed by atoms with van der Waals surface area (Å²) in [5.74, 6) is 3.53. The topological polar surface area (TPSA) is 28.3 Å². The van der Waals surface area contributed by atoms with Crippen LogP contribution in [0.2, 0.25) is 0 Å². The van der Waals surface area contributed by atoms with E-state index in [1.54, 1.807) is 0 Å². The van der Waals surface area contributed by atoms with Crippen molar-refractivity contribution in [2.45, 2.75) is 0 Å². The molecule has 11 rings (SSSR count). The Kier molecular flexibility index (Phi) is 5.05. The van der Waals surface area contributed by atoms with Crippen molar-refractivity contribution in [3.05, 3.63) is 152 Å². The number of rotatable bonds is 2. The van der Waals surface area contributed by atoms with E-state index in [0.29, 0.717) is 0 Å². The van der Waals surface area contributed by atoms with Crippen molar-refractivity contribution in [1.29, 1.82) is 0 Å². The number of aromatic nitrogens is 2. The van der Waals surface area contributed by atoms with Gasteiger partial charge in [0, 0.05) is 64.0 Å². The molecular formula is C42H25N2O2P. The number of hydrogen-bond donors (Lipinski definition) is 0. The fourth-order valence-corrected chi connectivity index (χ4v) is 10.3. The zero-order chi connectivity index (χ0) is 30.6. The second-order valence-electron chi connectivity index (χ2n) is 12.2. The van der Waals surface area contributed by atoms with Crippen molar-refractivity contribution in [2.24, 2.45) is 0 Å². The van der Waals surface area contributed by atoms with E-state index in [9.17, 15) is 0 Å². The normalized spacial score (nSPS) is 14.5. The summed E-state index contributed by atoms with van der Waals surface area (Å²) in [6.45, 7) is 0. The lowest BCUT2D eigenvalue weighted by Crippen LogP contribution is -2.32. The van der Waals surface area contributed by atoms with Crippen molar-refractivity contribution in [3.63, 3.8) is 0 Å². The predicted molar refractivity (Wildman–Crippen MR) is 194 cm³/mol. The van der Waals surface area contributed by atoms with Gasteiger partial charge < -0.3 is 18.6 Å². The molecule has 220 valence electrons. The van der Waals surface area contributed by atoms with Gasteiger partial charge >= 0.3 is 0 Å². The maximum Gasteiger partial charge on any atom is 0.141 e. The molecule has 2 aliphatic rings. The summed E-state index contributed by atoms with van der Waals surface area (Å²) in [5.41, 5.74) is 6.79. The summed E-state index contributed by atoms with van der Waals surface area (Å²) in [5, 5.41) is 8.50. The third-order valence-electron chi connectivity index (χ3n) is 9.64. The van der Waals surface area contributed by atoms with Crippen molar-refractivity contribution in [2.75, 3.05) is 0 Å². The summed E-state index contributed by atoms with van der Waals surface area (Å²) >= 11 is 0. The van der Waals surface area contributed by atoms with E-state index in [-0.39, 0.29) is 0 Å². The predicted octanol–water partition coefficient (Wildman–Crippen LogP) is 9.85. The molecule has 0 saturated carbocycles. The molecule has 1 unspecified atom stereocenters. The minimum atomic E-state index is -0.932. The maximum absolute atomic E-state index is 7.01. The van der Waals surface area contributed by atoms with Crippen LogP contribution < -0.4 is 25.4 Å². The fraction of sp³-hybridized carbons (Fsp3) is 0. The van der Waals surface area contributed by atoms with Gasteiger partial charge in [0.25, 0.3) is 0 Å². The lowest BCUT2D eigenvalue weighted by Gasteiger charge is -2.35. The smallest absolute Gasteiger partial charge is 0.141 e. The van der Waals surface area contributed by atoms with Crippen LogP contribution in [0.25, 0.3) is 55.0 Å². The molecule has 2 aromatic heterocycles. The molecule has 0 bridgehead atoms. The first-order valence-electron chi connectivity index (χ1n) is 15.9. The van der Waals surface area contributed by atoms with Crippen molar-refractivity contribution in [1.82, 2.24) is 9.13 Å². The first-order chi connectivity index (χ1) is 23.3. The van der Waals surface area contributed by atoms with Crippen LogP contribution in [0.4, 0.5) is 0 Å². The van der Waals surface area contributed by atoms with Crippen LogP contribution in [0.1, 0.15) is 0 Å². The van der Waals surface area contributed by atoms with Gasteiger partial charge in [0.1, 0.15) is 23.0 Å². The van der Waals surface area contributed by atoms with Gasteiger partial charge in [-0.15, -0.1) is 0 Å². The summed E-state index contributed by atoms with van der Waals surface area (Å²) in [4.78, 5) is 0. The average Bonchev–Trinajstić information content (AvgIpc) is 3.63. The fourth-order valence-electron chi connectivity index (χ4n) is 7.71. The molecule has 0 fully saturated rings. The molecule has 5 heteroatoms. The van der Waals surface area contributed by atoms with Gasteiger partial charge in [-0.3, -0.25) is 0 Å². The Morgan fingerprint density at radius 2 is 0.894 bits per heavy atom. The highest BCUT2D eigenvalue weighted by molar-refractivity contribution is 7.80. The number of hydrogen-bond acceptors (Lipinski definition) is 2. The Balaban J connectivity index is 1.21. The van der Waals surface area contributed by atoms with Gasteiger partial charge in [0.2, 0.25) is 0 Å². The van der Waals surface area contributed by atoms with E-state index >= 15 is 0 Å². The van der Waals surface area contributed by atoms with Crippen LogP contribution in [0.15, 0.2) is 152 Å². The van der Waals surface area contributed by atoms with Crippen LogP contribution in [-0.2, 0) is 0 Å². The molecule has 7 aromatic carbocycles. The molecule has 2 aliphatic heterocycles. The molecule has 0 N–H and O–H groups in total. The molecule has 47 heavy (non-hydrogen) atoms. The Morgan fingerprint density at radius 1 is 0.362 bits per heavy atom. The Morgan fingerprint density at radius 3 is 1.57 bits per heavy atom. The number of fused-ring (bicyclic) bond motifs is 10. The summed E-state index contributed by atoms with van der Waals surface area (Å²) < 4.78 is 18.4. The first kappa shape index (κ1) is 25.4. The second kappa shape index (κ2) is 9.35. The first-order valence-corrected chi connectivity index (χ1v) is 17.2. The van der Waals surface area contributed by atoms with Gasteiger partial charge in [0.15, 0.2) is 0 Å². The van der Waals surface area contributed by atoms with E-state index in [4.69, 9.17) is 9.47 Å². The number of para-hydroxylation sites is 5. The second-order valence-corrected chi connectivity index (χ2v) is 14.3. The van der Waals surface area contributed by atoms with Gasteiger partial charge in [-0.2, -0.15) is 0 Å². The molecule has 0 radical (unpaired) electrons. The molecule has 4 heterocycles. The SMILES string of the molecule is c1ccc(-n2c3ccccc3c3cc4c(cc32)Oc2cc(-n3c5ccccc5c5ccccc53)cc3c2P4c2ccccc2O3)cc1. The molecule has 0 saturated heterocycles. The third-order valence-corrected chi connectivity index (χ3v) is 12.2. The van der Waals surface area contributed by atoms with Crippen LogP contribution in [0, 0.1) is 0 Å². The molecular weight excluding hydrogens is 595 g/mol. The molecule has 0 aliphatic carbocycles. The lowest BCUT2D eigenvalue weighted by molar-refractivity contribution is 0.466. The lowest BCUT2D eigenvalue weighted by atomic mass is 10.1. The Labute approximate surface area is 271 Å². The standard InChI is InChI=1S/C42H25N2O2P/c1-2-12-26(13-3-1)43-34-19-9-6-16-30(34)31-24-41-37(25-35(31)43)46-39-23-27(22-38-42(39)47(41)40-21-11-10-20-36(40)45-38)44-32-17-7-4-14-28(32)29-15-5-8-18-33(29)44/h1-25H. The minimum absolute atomic E-state index is 0.856. The highest BCUT2D eigenvalue weighted by Gasteiger charge is 2.38. The highest BCUT2D eigenvalue weighted by atomic mass is 31.1. The summed E-state index contributed by atoms with van der Waals surface area (Å²) in [6.07, 6.45) is 0. The minimum Gasteiger partial charge on any atom is -0.456 e. The van der Waals surface area contributed by atoms with Gasteiger partial charge in [-0.25, -0.2) is 0 Å². The largest absolute Gasteiger partial charge is 0.456 e. The van der Waals surface area contributed by atoms with Crippen molar-refractivity contribution >= 4 is 67.4 Å². The van der Waals surface area contributed by atoms with Crippen LogP contribution in [0.3, 0.4) is 0 Å². The van der Waals surface area contributed by atoms with E-state index in [1.165, 1.54) is 37.7 Å². The van der Waals surface area contributed by atoms with E-state index in [0.717, 1.165) is 56.2 Å². The molecule has 9 aromatic rings. The summed E-state index contributed by atoms with van der Waals surface area (Å²) in [6, 6.07) is 54.1. The van der Waals surface area contributed by atoms with Gasteiger partial charge in [-0.05, 0) is 42.5 Å². The quantitative estimate of drug-likeness (QED) is 0.180. The highest BCUT2D eigenvalue weighted by Crippen LogP contribution is 2.54. The van der Waals surface area contributed by atoms with E-state index < -0.39 is 7.92 Å². The van der Waals surface area contributed by atoms with E-state index in [1.807, 2.05) is 0 Å². The number of nitrogens with zero attached hydrogens (tertiary/aromatic N) is 2. The monoisotopic (exact) mass is 620 g/mol. The van der Waals surface area contributed by atoms with Crippen LogP contribution in [0.5, 0.6) is 23.0 Å². The third kappa shape index (κ3) is 3.45. The van der Waals surface area contributed by atoms with E-state index in [2.05, 4.69) is 161 Å². The summed E-state index contributed by atoms with van der Waals surface area (Å²) in [7, 11) is -0.932. The van der Waals surface area contributed by atoms with Crippen LogP contribution in [-0.4, -0.2) is 9.13 Å². The molecule has 0 amide bonds. The number of benzene rings is 7.